The third-order valence-corrected chi connectivity index (χ3v) is 2.71. The summed E-state index contributed by atoms with van der Waals surface area (Å²) in [5.41, 5.74) is 0. The van der Waals surface area contributed by atoms with Gasteiger partial charge in [-0.05, 0) is 6.42 Å². The summed E-state index contributed by atoms with van der Waals surface area (Å²) in [5, 5.41) is 0. The number of amides is 1. The molecule has 1 heterocycles. The molecule has 1 fully saturated rings. The summed E-state index contributed by atoms with van der Waals surface area (Å²) in [4.78, 5) is 10.6. The fourth-order valence-electron chi connectivity index (χ4n) is 1.09. The van der Waals surface area contributed by atoms with Gasteiger partial charge in [0, 0.05) is 6.42 Å². The van der Waals surface area contributed by atoms with Gasteiger partial charge in [0.2, 0.25) is 5.91 Å². The van der Waals surface area contributed by atoms with Crippen LogP contribution in [0, 0.1) is 0 Å². The molecular formula is C5H9NO4S. The lowest BCUT2D eigenvalue weighted by molar-refractivity contribution is -0.138. The molecule has 11 heavy (non-hydrogen) atoms. The maximum Gasteiger partial charge on any atom is 0.362 e. The van der Waals surface area contributed by atoms with Gasteiger partial charge in [0.1, 0.15) is 0 Å². The maximum absolute atomic E-state index is 10.6. The summed E-state index contributed by atoms with van der Waals surface area (Å²) >= 11 is 0. The summed E-state index contributed by atoms with van der Waals surface area (Å²) in [6.07, 6.45) is 0.766. The molecule has 6 heteroatoms. The minimum absolute atomic E-state index is 0.219. The van der Waals surface area contributed by atoms with E-state index in [1.165, 1.54) is 0 Å². The average Bonchev–Trinajstić information content (AvgIpc) is 1.77. The topological polar surface area (TPSA) is 74.7 Å². The first kappa shape index (κ1) is 8.48. The quantitative estimate of drug-likeness (QED) is 0.470. The molecule has 1 saturated heterocycles. The smallest absolute Gasteiger partial charge is 0.274 e. The van der Waals surface area contributed by atoms with E-state index in [0.29, 0.717) is 10.7 Å². The van der Waals surface area contributed by atoms with Crippen molar-refractivity contribution >= 4 is 16.2 Å². The van der Waals surface area contributed by atoms with Crippen LogP contribution in [0.15, 0.2) is 0 Å². The number of carbonyl (C=O) groups is 1. The van der Waals surface area contributed by atoms with Crippen LogP contribution in [0.3, 0.4) is 0 Å². The molecule has 64 valence electrons. The highest BCUT2D eigenvalue weighted by Gasteiger charge is 2.42. The Kier molecular flexibility index (Phi) is 1.89. The number of rotatable bonds is 2. The van der Waals surface area contributed by atoms with Crippen LogP contribution in [0.5, 0.6) is 0 Å². The SMILES string of the molecule is CCC1CC(=O)N1S(=O)(=O)O. The molecule has 1 aliphatic heterocycles. The van der Waals surface area contributed by atoms with Gasteiger partial charge in [-0.1, -0.05) is 6.92 Å². The van der Waals surface area contributed by atoms with Crippen LogP contribution < -0.4 is 0 Å². The molecule has 0 radical (unpaired) electrons. The second-order valence-corrected chi connectivity index (χ2v) is 3.72. The van der Waals surface area contributed by atoms with Crippen molar-refractivity contribution in [2.75, 3.05) is 0 Å². The van der Waals surface area contributed by atoms with Crippen molar-refractivity contribution in [1.29, 1.82) is 0 Å². The highest BCUT2D eigenvalue weighted by atomic mass is 32.2. The molecule has 0 aromatic rings. The normalized spacial score (nSPS) is 25.1. The largest absolute Gasteiger partial charge is 0.362 e. The van der Waals surface area contributed by atoms with Crippen molar-refractivity contribution < 1.29 is 17.8 Å². The second kappa shape index (κ2) is 2.46. The average molecular weight is 179 g/mol. The van der Waals surface area contributed by atoms with Gasteiger partial charge in [-0.25, -0.2) is 4.31 Å². The number of carbonyl (C=O) groups excluding carboxylic acids is 1. The molecule has 1 aliphatic rings. The lowest BCUT2D eigenvalue weighted by Gasteiger charge is -2.36. The number of β-lactam (4-membered cyclic amide) rings is 1. The Balaban J connectivity index is 2.79. The van der Waals surface area contributed by atoms with E-state index in [0.717, 1.165) is 0 Å². The zero-order chi connectivity index (χ0) is 8.65. The fourth-order valence-corrected chi connectivity index (χ4v) is 2.03. The van der Waals surface area contributed by atoms with E-state index in [4.69, 9.17) is 4.55 Å². The Hall–Kier alpha value is -0.620. The summed E-state index contributed by atoms with van der Waals surface area (Å²) in [6.45, 7) is 1.76. The lowest BCUT2D eigenvalue weighted by Crippen LogP contribution is -2.54. The van der Waals surface area contributed by atoms with Gasteiger partial charge in [-0.15, -0.1) is 0 Å². The van der Waals surface area contributed by atoms with Gasteiger partial charge < -0.3 is 0 Å². The molecule has 0 spiro atoms. The predicted octanol–water partition coefficient (Wildman–Crippen LogP) is -0.200. The molecule has 1 atom stereocenters. The third-order valence-electron chi connectivity index (χ3n) is 1.71. The molecule has 0 aromatic carbocycles. The van der Waals surface area contributed by atoms with Gasteiger partial charge in [-0.2, -0.15) is 8.42 Å². The zero-order valence-electron chi connectivity index (χ0n) is 6.02. The molecule has 0 aliphatic carbocycles. The van der Waals surface area contributed by atoms with E-state index in [1.54, 1.807) is 6.92 Å². The van der Waals surface area contributed by atoms with Gasteiger partial charge in [0.25, 0.3) is 0 Å². The molecule has 1 N–H and O–H groups in total. The fraction of sp³-hybridized carbons (Fsp3) is 0.800. The van der Waals surface area contributed by atoms with Crippen molar-refractivity contribution in [1.82, 2.24) is 4.31 Å². The van der Waals surface area contributed by atoms with Crippen molar-refractivity contribution in [2.45, 2.75) is 25.8 Å². The molecule has 1 unspecified atom stereocenters. The molecule has 5 nitrogen and oxygen atoms in total. The van der Waals surface area contributed by atoms with Crippen molar-refractivity contribution in [3.8, 4) is 0 Å². The maximum atomic E-state index is 10.6. The minimum atomic E-state index is -4.29. The molecular weight excluding hydrogens is 170 g/mol. The van der Waals surface area contributed by atoms with E-state index < -0.39 is 16.2 Å². The minimum Gasteiger partial charge on any atom is -0.274 e. The van der Waals surface area contributed by atoms with Crippen LogP contribution in [0.25, 0.3) is 0 Å². The number of hydrogen-bond donors (Lipinski definition) is 1. The molecule has 0 bridgehead atoms. The number of nitrogens with zero attached hydrogens (tertiary/aromatic N) is 1. The molecule has 1 rings (SSSR count). The lowest BCUT2D eigenvalue weighted by atomic mass is 10.0. The van der Waals surface area contributed by atoms with Crippen molar-refractivity contribution in [3.63, 3.8) is 0 Å². The van der Waals surface area contributed by atoms with E-state index in [1.807, 2.05) is 0 Å². The Labute approximate surface area is 64.9 Å². The van der Waals surface area contributed by atoms with Crippen molar-refractivity contribution in [2.24, 2.45) is 0 Å². The van der Waals surface area contributed by atoms with Gasteiger partial charge >= 0.3 is 10.3 Å². The van der Waals surface area contributed by atoms with Crippen LogP contribution in [0.1, 0.15) is 19.8 Å². The molecule has 0 saturated carbocycles. The summed E-state index contributed by atoms with van der Waals surface area (Å²) in [6, 6.07) is -0.336. The highest BCUT2D eigenvalue weighted by Crippen LogP contribution is 2.24. The zero-order valence-corrected chi connectivity index (χ0v) is 6.84. The van der Waals surface area contributed by atoms with E-state index in [2.05, 4.69) is 0 Å². The summed E-state index contributed by atoms with van der Waals surface area (Å²) in [5.74, 6) is -0.528. The second-order valence-electron chi connectivity index (χ2n) is 2.43. The number of hydrogen-bond acceptors (Lipinski definition) is 3. The van der Waals surface area contributed by atoms with Crippen LogP contribution in [-0.4, -0.2) is 29.2 Å². The first-order valence-corrected chi connectivity index (χ1v) is 4.66. The third kappa shape index (κ3) is 1.36. The van der Waals surface area contributed by atoms with Crippen LogP contribution in [0.2, 0.25) is 0 Å². The highest BCUT2D eigenvalue weighted by molar-refractivity contribution is 7.84. The molecule has 1 amide bonds. The Bertz CT molecular complexity index is 270. The Morgan fingerprint density at radius 2 is 2.27 bits per heavy atom. The summed E-state index contributed by atoms with van der Waals surface area (Å²) in [7, 11) is -4.29. The Morgan fingerprint density at radius 3 is 2.45 bits per heavy atom. The van der Waals surface area contributed by atoms with Gasteiger partial charge in [0.15, 0.2) is 0 Å². The van der Waals surface area contributed by atoms with E-state index in [-0.39, 0.29) is 12.5 Å². The summed E-state index contributed by atoms with van der Waals surface area (Å²) < 4.78 is 29.9. The van der Waals surface area contributed by atoms with E-state index >= 15 is 0 Å². The first-order chi connectivity index (χ1) is 4.96. The predicted molar refractivity (Wildman–Crippen MR) is 37.1 cm³/mol. The van der Waals surface area contributed by atoms with Gasteiger partial charge in [0.05, 0.1) is 6.04 Å². The van der Waals surface area contributed by atoms with Gasteiger partial charge in [-0.3, -0.25) is 9.35 Å². The monoisotopic (exact) mass is 179 g/mol. The standard InChI is InChI=1S/C5H9NO4S/c1-2-4-3-5(7)6(4)11(8,9)10/h4H,2-3H2,1H3,(H,8,9,10). The first-order valence-electron chi connectivity index (χ1n) is 3.26. The van der Waals surface area contributed by atoms with Crippen LogP contribution in [0.4, 0.5) is 0 Å². The van der Waals surface area contributed by atoms with Crippen molar-refractivity contribution in [3.05, 3.63) is 0 Å². The van der Waals surface area contributed by atoms with E-state index in [9.17, 15) is 13.2 Å². The van der Waals surface area contributed by atoms with Crippen LogP contribution in [-0.2, 0) is 15.1 Å². The Morgan fingerprint density at radius 1 is 1.73 bits per heavy atom. The molecule has 0 aromatic heterocycles. The van der Waals surface area contributed by atoms with Crippen LogP contribution >= 0.6 is 0 Å².